The van der Waals surface area contributed by atoms with Gasteiger partial charge in [-0.3, -0.25) is 9.67 Å². The zero-order chi connectivity index (χ0) is 22.8. The molecule has 0 bridgehead atoms. The van der Waals surface area contributed by atoms with Gasteiger partial charge < -0.3 is 15.3 Å². The average molecular weight is 436 g/mol. The van der Waals surface area contributed by atoms with Crippen molar-refractivity contribution >= 4 is 22.7 Å². The van der Waals surface area contributed by atoms with E-state index in [-0.39, 0.29) is 0 Å². The number of carboxylic acids is 1. The number of nitrogens with zero attached hydrogens (tertiary/aromatic N) is 5. The largest absolute Gasteiger partial charge is 0.490 e. The third-order valence-electron chi connectivity index (χ3n) is 4.88. The molecule has 1 fully saturated rings. The molecule has 11 heteroatoms. The number of carbonyl (C=O) groups is 1. The molecule has 166 valence electrons. The highest BCUT2D eigenvalue weighted by molar-refractivity contribution is 5.86. The maximum absolute atomic E-state index is 10.6. The Balaban J connectivity index is 0.000000339. The summed E-state index contributed by atoms with van der Waals surface area (Å²) in [6, 6.07) is 4.26. The molecule has 4 rings (SSSR count). The second kappa shape index (κ2) is 8.88. The Hall–Kier alpha value is -3.21. The molecular formula is C20H23F3N6O2. The molecule has 0 unspecified atom stereocenters. The van der Waals surface area contributed by atoms with Crippen molar-refractivity contribution in [3.8, 4) is 11.3 Å². The summed E-state index contributed by atoms with van der Waals surface area (Å²) in [5.74, 6) is -1.12. The van der Waals surface area contributed by atoms with Crippen LogP contribution in [-0.2, 0) is 11.8 Å². The molecule has 0 radical (unpaired) electrons. The van der Waals surface area contributed by atoms with E-state index in [4.69, 9.17) is 9.90 Å². The minimum Gasteiger partial charge on any atom is -0.475 e. The Bertz CT molecular complexity index is 1060. The molecule has 0 aliphatic carbocycles. The first-order valence-electron chi connectivity index (χ1n) is 9.53. The summed E-state index contributed by atoms with van der Waals surface area (Å²) < 4.78 is 33.6. The SMILES string of the molecule is Cc1cc(-c2cnc(N(C)CC3CNC3)cn2)cc2cn(C)nc12.O=C(O)C(F)(F)F. The highest BCUT2D eigenvalue weighted by Crippen LogP contribution is 2.26. The molecule has 1 aromatic carbocycles. The Morgan fingerprint density at radius 1 is 1.29 bits per heavy atom. The molecule has 8 nitrogen and oxygen atoms in total. The van der Waals surface area contributed by atoms with Crippen LogP contribution < -0.4 is 10.2 Å². The van der Waals surface area contributed by atoms with E-state index < -0.39 is 12.1 Å². The van der Waals surface area contributed by atoms with Crippen LogP contribution in [0.2, 0.25) is 0 Å². The second-order valence-electron chi connectivity index (χ2n) is 7.50. The number of hydrogen-bond donors (Lipinski definition) is 2. The number of carboxylic acid groups (broad SMARTS) is 1. The number of alkyl halides is 3. The Morgan fingerprint density at radius 2 is 1.97 bits per heavy atom. The fourth-order valence-corrected chi connectivity index (χ4v) is 3.20. The smallest absolute Gasteiger partial charge is 0.475 e. The lowest BCUT2D eigenvalue weighted by molar-refractivity contribution is -0.192. The number of aromatic nitrogens is 4. The molecule has 2 N–H and O–H groups in total. The number of anilines is 1. The van der Waals surface area contributed by atoms with Crippen molar-refractivity contribution in [2.24, 2.45) is 13.0 Å². The average Bonchev–Trinajstić information content (AvgIpc) is 3.05. The maximum atomic E-state index is 10.6. The van der Waals surface area contributed by atoms with Crippen molar-refractivity contribution in [2.75, 3.05) is 31.6 Å². The minimum atomic E-state index is -5.08. The summed E-state index contributed by atoms with van der Waals surface area (Å²) >= 11 is 0. The van der Waals surface area contributed by atoms with Crippen LogP contribution in [0.3, 0.4) is 0 Å². The van der Waals surface area contributed by atoms with Gasteiger partial charge in [0.1, 0.15) is 5.82 Å². The van der Waals surface area contributed by atoms with Crippen molar-refractivity contribution in [1.82, 2.24) is 25.1 Å². The summed E-state index contributed by atoms with van der Waals surface area (Å²) in [4.78, 5) is 20.3. The van der Waals surface area contributed by atoms with Gasteiger partial charge in [-0.2, -0.15) is 18.3 Å². The summed E-state index contributed by atoms with van der Waals surface area (Å²) in [5, 5.41) is 16.1. The molecule has 0 amide bonds. The molecule has 0 spiro atoms. The van der Waals surface area contributed by atoms with Crippen LogP contribution in [0.1, 0.15) is 5.56 Å². The van der Waals surface area contributed by atoms with E-state index in [0.29, 0.717) is 5.92 Å². The van der Waals surface area contributed by atoms with E-state index in [2.05, 4.69) is 51.4 Å². The first kappa shape index (κ1) is 22.5. The van der Waals surface area contributed by atoms with E-state index >= 15 is 0 Å². The number of rotatable bonds is 4. The topological polar surface area (TPSA) is 96.2 Å². The van der Waals surface area contributed by atoms with Gasteiger partial charge in [0.05, 0.1) is 23.6 Å². The molecule has 0 saturated carbocycles. The van der Waals surface area contributed by atoms with E-state index in [9.17, 15) is 13.2 Å². The quantitative estimate of drug-likeness (QED) is 0.649. The number of nitrogens with one attached hydrogen (secondary N) is 1. The molecule has 1 aliphatic rings. The molecule has 31 heavy (non-hydrogen) atoms. The monoisotopic (exact) mass is 436 g/mol. The van der Waals surface area contributed by atoms with Gasteiger partial charge in [-0.1, -0.05) is 0 Å². The summed E-state index contributed by atoms with van der Waals surface area (Å²) in [7, 11) is 4.02. The standard InChI is InChI=1S/C18H22N6.C2HF3O2/c1-12-4-14(5-15-11-24(3)22-18(12)15)16-8-21-17(9-20-16)23(2)10-13-6-19-7-13;3-2(4,5)1(6)7/h4-5,8-9,11,13,19H,6-7,10H2,1-3H3;(H,6,7). The van der Waals surface area contributed by atoms with Gasteiger partial charge in [0.15, 0.2) is 0 Å². The Kier molecular flexibility index (Phi) is 6.44. The number of hydrogen-bond acceptors (Lipinski definition) is 6. The lowest BCUT2D eigenvalue weighted by Crippen LogP contribution is -2.47. The Labute approximate surface area is 176 Å². The van der Waals surface area contributed by atoms with Crippen molar-refractivity contribution in [1.29, 1.82) is 0 Å². The fraction of sp³-hybridized carbons (Fsp3) is 0.400. The van der Waals surface area contributed by atoms with Crippen LogP contribution in [0.15, 0.2) is 30.7 Å². The lowest BCUT2D eigenvalue weighted by atomic mass is 10.0. The number of aryl methyl sites for hydroxylation is 2. The summed E-state index contributed by atoms with van der Waals surface area (Å²) in [6.45, 7) is 5.29. The predicted molar refractivity (Wildman–Crippen MR) is 110 cm³/mol. The summed E-state index contributed by atoms with van der Waals surface area (Å²) in [6.07, 6.45) is 0.681. The molecule has 2 aromatic heterocycles. The third-order valence-corrected chi connectivity index (χ3v) is 4.88. The predicted octanol–water partition coefficient (Wildman–Crippen LogP) is 2.63. The van der Waals surface area contributed by atoms with Gasteiger partial charge in [0.25, 0.3) is 0 Å². The molecule has 3 aromatic rings. The van der Waals surface area contributed by atoms with Crippen molar-refractivity contribution in [2.45, 2.75) is 13.1 Å². The van der Waals surface area contributed by atoms with Gasteiger partial charge in [-0.05, 0) is 24.6 Å². The highest BCUT2D eigenvalue weighted by atomic mass is 19.4. The molecule has 1 aliphatic heterocycles. The van der Waals surface area contributed by atoms with E-state index in [0.717, 1.165) is 53.2 Å². The highest BCUT2D eigenvalue weighted by Gasteiger charge is 2.38. The minimum absolute atomic E-state index is 0.715. The van der Waals surface area contributed by atoms with E-state index in [1.54, 1.807) is 0 Å². The van der Waals surface area contributed by atoms with Gasteiger partial charge >= 0.3 is 12.1 Å². The van der Waals surface area contributed by atoms with Crippen molar-refractivity contribution in [3.63, 3.8) is 0 Å². The van der Waals surface area contributed by atoms with Crippen LogP contribution in [-0.4, -0.2) is 63.7 Å². The molecule has 1 saturated heterocycles. The van der Waals surface area contributed by atoms with Crippen molar-refractivity contribution < 1.29 is 23.1 Å². The molecule has 0 atom stereocenters. The van der Waals surface area contributed by atoms with Crippen LogP contribution in [0, 0.1) is 12.8 Å². The van der Waals surface area contributed by atoms with Crippen LogP contribution in [0.5, 0.6) is 0 Å². The Morgan fingerprint density at radius 3 is 2.48 bits per heavy atom. The maximum Gasteiger partial charge on any atom is 0.490 e. The number of aliphatic carboxylic acids is 1. The summed E-state index contributed by atoms with van der Waals surface area (Å²) in [5.41, 5.74) is 4.17. The number of benzene rings is 1. The zero-order valence-electron chi connectivity index (χ0n) is 17.3. The number of fused-ring (bicyclic) bond motifs is 1. The molecule has 3 heterocycles. The van der Waals surface area contributed by atoms with Crippen LogP contribution in [0.4, 0.5) is 19.0 Å². The first-order valence-corrected chi connectivity index (χ1v) is 9.53. The lowest BCUT2D eigenvalue weighted by Gasteiger charge is -2.31. The van der Waals surface area contributed by atoms with Crippen molar-refractivity contribution in [3.05, 3.63) is 36.3 Å². The third kappa shape index (κ3) is 5.48. The number of halogens is 3. The zero-order valence-corrected chi connectivity index (χ0v) is 17.3. The van der Waals surface area contributed by atoms with Crippen LogP contribution >= 0.6 is 0 Å². The molecular weight excluding hydrogens is 413 g/mol. The van der Waals surface area contributed by atoms with Crippen LogP contribution in [0.25, 0.3) is 22.2 Å². The van der Waals surface area contributed by atoms with Gasteiger partial charge in [0, 0.05) is 56.8 Å². The van der Waals surface area contributed by atoms with E-state index in [1.807, 2.05) is 30.3 Å². The fourth-order valence-electron chi connectivity index (χ4n) is 3.20. The van der Waals surface area contributed by atoms with Gasteiger partial charge in [-0.15, -0.1) is 0 Å². The second-order valence-corrected chi connectivity index (χ2v) is 7.50. The normalized spacial score (nSPS) is 14.0. The van der Waals surface area contributed by atoms with Gasteiger partial charge in [-0.25, -0.2) is 9.78 Å². The first-order chi connectivity index (χ1) is 14.5. The van der Waals surface area contributed by atoms with E-state index in [1.165, 1.54) is 0 Å². The van der Waals surface area contributed by atoms with Gasteiger partial charge in [0.2, 0.25) is 0 Å².